The highest BCUT2D eigenvalue weighted by atomic mass is 32.1. The maximum absolute atomic E-state index is 6.26. The first-order chi connectivity index (χ1) is 22.3. The minimum Gasteiger partial charge on any atom is -0.456 e. The first-order valence-corrected chi connectivity index (χ1v) is 15.8. The molecule has 210 valence electrons. The number of furan rings is 1. The largest absolute Gasteiger partial charge is 0.456 e. The molecule has 45 heavy (non-hydrogen) atoms. The summed E-state index contributed by atoms with van der Waals surface area (Å²) in [5, 5.41) is 6.94. The Kier molecular flexibility index (Phi) is 5.12. The maximum atomic E-state index is 6.26. The van der Waals surface area contributed by atoms with Crippen LogP contribution in [0, 0.1) is 0 Å². The second kappa shape index (κ2) is 9.36. The van der Waals surface area contributed by atoms with Crippen molar-refractivity contribution in [2.24, 2.45) is 0 Å². The summed E-state index contributed by atoms with van der Waals surface area (Å²) in [6.45, 7) is 0. The van der Waals surface area contributed by atoms with E-state index in [-0.39, 0.29) is 0 Å². The quantitative estimate of drug-likeness (QED) is 0.205. The number of thiophene rings is 1. The zero-order chi connectivity index (χ0) is 29.5. The third-order valence-corrected chi connectivity index (χ3v) is 9.91. The molecule has 10 rings (SSSR count). The standard InChI is InChI=1S/C40H23N3OS/c1-2-10-24(11-3-1)38-37-29-14-6-9-17-36(29)45-40(37)42-39(41-38)25-18-20-26(21-19-25)43-32-15-7-4-12-27(32)30-23-35-31(22-33(30)43)28-13-5-8-16-34(28)44-35/h1-23H. The molecule has 0 atom stereocenters. The van der Waals surface area contributed by atoms with E-state index in [1.807, 2.05) is 18.2 Å². The Labute approximate surface area is 261 Å². The predicted molar refractivity (Wildman–Crippen MR) is 187 cm³/mol. The lowest BCUT2D eigenvalue weighted by atomic mass is 10.1. The van der Waals surface area contributed by atoms with Crippen LogP contribution in [0.1, 0.15) is 0 Å². The second-order valence-electron chi connectivity index (χ2n) is 11.4. The molecule has 0 saturated carbocycles. The van der Waals surface area contributed by atoms with Crippen molar-refractivity contribution < 1.29 is 4.42 Å². The van der Waals surface area contributed by atoms with Crippen molar-refractivity contribution >= 4 is 75.4 Å². The monoisotopic (exact) mass is 593 g/mol. The Hall–Kier alpha value is -5.78. The van der Waals surface area contributed by atoms with Gasteiger partial charge in [-0.25, -0.2) is 9.97 Å². The molecular formula is C40H23N3OS. The van der Waals surface area contributed by atoms with Crippen molar-refractivity contribution in [2.45, 2.75) is 0 Å². The van der Waals surface area contributed by atoms with Gasteiger partial charge in [0, 0.05) is 53.8 Å². The molecule has 0 N–H and O–H groups in total. The number of fused-ring (bicyclic) bond motifs is 9. The van der Waals surface area contributed by atoms with Crippen LogP contribution < -0.4 is 0 Å². The van der Waals surface area contributed by atoms with Gasteiger partial charge in [0.2, 0.25) is 0 Å². The summed E-state index contributed by atoms with van der Waals surface area (Å²) < 4.78 is 9.83. The summed E-state index contributed by atoms with van der Waals surface area (Å²) in [7, 11) is 0. The molecular weight excluding hydrogens is 571 g/mol. The molecule has 4 nitrogen and oxygen atoms in total. The van der Waals surface area contributed by atoms with Crippen molar-refractivity contribution in [3.05, 3.63) is 140 Å². The molecule has 5 heteroatoms. The number of nitrogens with zero attached hydrogens (tertiary/aromatic N) is 3. The summed E-state index contributed by atoms with van der Waals surface area (Å²) >= 11 is 1.72. The average molecular weight is 594 g/mol. The summed E-state index contributed by atoms with van der Waals surface area (Å²) in [5.41, 5.74) is 8.26. The molecule has 0 amide bonds. The molecule has 0 aliphatic carbocycles. The van der Waals surface area contributed by atoms with Gasteiger partial charge in [-0.1, -0.05) is 84.9 Å². The van der Waals surface area contributed by atoms with Crippen LogP contribution in [0.15, 0.2) is 144 Å². The van der Waals surface area contributed by atoms with Crippen LogP contribution in [0.2, 0.25) is 0 Å². The number of hydrogen-bond donors (Lipinski definition) is 0. The summed E-state index contributed by atoms with van der Waals surface area (Å²) in [4.78, 5) is 11.3. The van der Waals surface area contributed by atoms with Gasteiger partial charge in [-0.15, -0.1) is 11.3 Å². The fourth-order valence-corrected chi connectivity index (χ4v) is 7.86. The summed E-state index contributed by atoms with van der Waals surface area (Å²) in [6, 6.07) is 48.9. The van der Waals surface area contributed by atoms with E-state index >= 15 is 0 Å². The minimum absolute atomic E-state index is 0.730. The highest BCUT2D eigenvalue weighted by Crippen LogP contribution is 2.41. The van der Waals surface area contributed by atoms with Gasteiger partial charge in [0.15, 0.2) is 5.82 Å². The Bertz CT molecular complexity index is 2750. The zero-order valence-corrected chi connectivity index (χ0v) is 24.8. The molecule has 6 aromatic carbocycles. The number of benzene rings is 6. The van der Waals surface area contributed by atoms with Gasteiger partial charge in [0.1, 0.15) is 16.0 Å². The smallest absolute Gasteiger partial charge is 0.161 e. The Morgan fingerprint density at radius 1 is 0.511 bits per heavy atom. The van der Waals surface area contributed by atoms with Gasteiger partial charge < -0.3 is 8.98 Å². The van der Waals surface area contributed by atoms with Gasteiger partial charge in [-0.2, -0.15) is 0 Å². The summed E-state index contributed by atoms with van der Waals surface area (Å²) in [5.74, 6) is 0.730. The first kappa shape index (κ1) is 24.6. The van der Waals surface area contributed by atoms with Crippen LogP contribution in [-0.4, -0.2) is 14.5 Å². The van der Waals surface area contributed by atoms with E-state index in [0.717, 1.165) is 71.5 Å². The number of rotatable bonds is 3. The molecule has 0 aliphatic heterocycles. The molecule has 0 bridgehead atoms. The Morgan fingerprint density at radius 2 is 1.24 bits per heavy atom. The van der Waals surface area contributed by atoms with Crippen molar-refractivity contribution in [3.63, 3.8) is 0 Å². The highest BCUT2D eigenvalue weighted by molar-refractivity contribution is 7.25. The predicted octanol–water partition coefficient (Wildman–Crippen LogP) is 11.2. The van der Waals surface area contributed by atoms with Gasteiger partial charge in [0.25, 0.3) is 0 Å². The first-order valence-electron chi connectivity index (χ1n) is 15.0. The van der Waals surface area contributed by atoms with E-state index in [0.29, 0.717) is 0 Å². The van der Waals surface area contributed by atoms with Gasteiger partial charge in [-0.05, 0) is 54.6 Å². The molecule has 0 unspecified atom stereocenters. The fraction of sp³-hybridized carbons (Fsp3) is 0. The van der Waals surface area contributed by atoms with E-state index in [2.05, 4.69) is 126 Å². The molecule has 0 fully saturated rings. The van der Waals surface area contributed by atoms with Crippen LogP contribution in [0.25, 0.3) is 92.4 Å². The molecule has 0 radical (unpaired) electrons. The van der Waals surface area contributed by atoms with E-state index < -0.39 is 0 Å². The molecule has 0 saturated heterocycles. The molecule has 0 aliphatic rings. The number of para-hydroxylation sites is 2. The zero-order valence-electron chi connectivity index (χ0n) is 23.9. The average Bonchev–Trinajstić information content (AvgIpc) is 3.76. The van der Waals surface area contributed by atoms with Crippen molar-refractivity contribution in [2.75, 3.05) is 0 Å². The molecule has 4 heterocycles. The SMILES string of the molecule is c1ccc(-c2nc(-c3ccc(-n4c5ccccc5c5cc6oc7ccccc7c6cc54)cc3)nc3sc4ccccc4c23)cc1. The van der Waals surface area contributed by atoms with Gasteiger partial charge in [-0.3, -0.25) is 0 Å². The highest BCUT2D eigenvalue weighted by Gasteiger charge is 2.18. The van der Waals surface area contributed by atoms with E-state index in [1.54, 1.807) is 11.3 Å². The maximum Gasteiger partial charge on any atom is 0.161 e. The van der Waals surface area contributed by atoms with Crippen LogP contribution in [0.4, 0.5) is 0 Å². The molecule has 0 spiro atoms. The lowest BCUT2D eigenvalue weighted by Crippen LogP contribution is -1.96. The molecule has 10 aromatic rings. The lowest BCUT2D eigenvalue weighted by Gasteiger charge is -2.10. The third kappa shape index (κ3) is 3.65. The number of hydrogen-bond acceptors (Lipinski definition) is 4. The third-order valence-electron chi connectivity index (χ3n) is 8.84. The van der Waals surface area contributed by atoms with Gasteiger partial charge in [0.05, 0.1) is 16.7 Å². The summed E-state index contributed by atoms with van der Waals surface area (Å²) in [6.07, 6.45) is 0. The fourth-order valence-electron chi connectivity index (χ4n) is 6.78. The van der Waals surface area contributed by atoms with E-state index in [1.165, 1.54) is 20.9 Å². The number of aromatic nitrogens is 3. The van der Waals surface area contributed by atoms with Crippen LogP contribution in [0.3, 0.4) is 0 Å². The van der Waals surface area contributed by atoms with E-state index in [4.69, 9.17) is 14.4 Å². The Morgan fingerprint density at radius 3 is 2.11 bits per heavy atom. The van der Waals surface area contributed by atoms with Crippen LogP contribution in [-0.2, 0) is 0 Å². The molecule has 4 aromatic heterocycles. The van der Waals surface area contributed by atoms with Crippen molar-refractivity contribution in [1.82, 2.24) is 14.5 Å². The normalized spacial score (nSPS) is 12.0. The topological polar surface area (TPSA) is 43.9 Å². The minimum atomic E-state index is 0.730. The Balaban J connectivity index is 1.17. The second-order valence-corrected chi connectivity index (χ2v) is 12.4. The van der Waals surface area contributed by atoms with E-state index in [9.17, 15) is 0 Å². The van der Waals surface area contributed by atoms with Crippen molar-refractivity contribution in [3.8, 4) is 28.3 Å². The van der Waals surface area contributed by atoms with Gasteiger partial charge >= 0.3 is 0 Å². The van der Waals surface area contributed by atoms with Crippen LogP contribution in [0.5, 0.6) is 0 Å². The lowest BCUT2D eigenvalue weighted by molar-refractivity contribution is 0.669. The van der Waals surface area contributed by atoms with Crippen LogP contribution >= 0.6 is 11.3 Å². The van der Waals surface area contributed by atoms with Crippen molar-refractivity contribution in [1.29, 1.82) is 0 Å².